The van der Waals surface area contributed by atoms with Crippen LogP contribution in [0, 0.1) is 17.9 Å². The zero-order chi connectivity index (χ0) is 20.4. The van der Waals surface area contributed by atoms with Gasteiger partial charge in [0.05, 0.1) is 13.2 Å². The summed E-state index contributed by atoms with van der Waals surface area (Å²) in [5, 5.41) is 0. The first-order valence-electron chi connectivity index (χ1n) is 10.5. The minimum Gasteiger partial charge on any atom is -0.302 e. The Kier molecular flexibility index (Phi) is 23.6. The maximum atomic E-state index is 11.9. The molecule has 0 aliphatic carbocycles. The summed E-state index contributed by atoms with van der Waals surface area (Å²) in [6.07, 6.45) is 8.56. The second kappa shape index (κ2) is 21.2. The largest absolute Gasteiger partial charge is 1.00 e. The van der Waals surface area contributed by atoms with Crippen LogP contribution in [0.3, 0.4) is 0 Å². The number of hydrogen-bond acceptors (Lipinski definition) is 3. The Labute approximate surface area is 216 Å². The van der Waals surface area contributed by atoms with Gasteiger partial charge >= 0.3 is 59.2 Å². The van der Waals surface area contributed by atoms with E-state index in [1.807, 2.05) is 30.3 Å². The van der Waals surface area contributed by atoms with E-state index in [0.29, 0.717) is 25.0 Å². The van der Waals surface area contributed by atoms with Crippen LogP contribution in [0.15, 0.2) is 30.3 Å². The average molecular weight is 439 g/mol. The van der Waals surface area contributed by atoms with Crippen LogP contribution in [-0.2, 0) is 13.6 Å². The van der Waals surface area contributed by atoms with Crippen molar-refractivity contribution in [1.29, 1.82) is 0 Å². The van der Waals surface area contributed by atoms with E-state index in [2.05, 4.69) is 33.8 Å². The molecule has 0 aliphatic rings. The maximum absolute atomic E-state index is 11.9. The Morgan fingerprint density at radius 2 is 1.29 bits per heavy atom. The molecule has 1 N–H and O–H groups in total. The third kappa shape index (κ3) is 19.0. The number of unbranched alkanes of at least 4 members (excludes halogenated alkanes) is 2. The topological polar surface area (TPSA) is 55.8 Å². The first kappa shape index (κ1) is 31.2. The second-order valence-electron chi connectivity index (χ2n) is 6.97. The molecule has 0 aliphatic heterocycles. The quantitative estimate of drug-likeness (QED) is 0.271. The third-order valence-corrected chi connectivity index (χ3v) is 5.59. The van der Waals surface area contributed by atoms with Crippen LogP contribution in [0.1, 0.15) is 79.1 Å². The molecule has 4 nitrogen and oxygen atoms in total. The average Bonchev–Trinajstić information content (AvgIpc) is 2.70. The summed E-state index contributed by atoms with van der Waals surface area (Å²) in [5.74, 6) is 0.687. The van der Waals surface area contributed by atoms with Crippen molar-refractivity contribution in [2.24, 2.45) is 11.8 Å². The molecule has 158 valence electrons. The van der Waals surface area contributed by atoms with Gasteiger partial charge in [-0.2, -0.15) is 36.4 Å². The van der Waals surface area contributed by atoms with E-state index in [9.17, 15) is 9.46 Å². The van der Waals surface area contributed by atoms with Crippen molar-refractivity contribution >= 4 is 7.82 Å². The summed E-state index contributed by atoms with van der Waals surface area (Å²) >= 11 is 0. The first-order chi connectivity index (χ1) is 13.0. The van der Waals surface area contributed by atoms with E-state index in [1.54, 1.807) is 0 Å². The number of hydrogen-bond donors (Lipinski definition) is 1. The molecule has 0 radical (unpaired) electrons. The minimum absolute atomic E-state index is 0. The molecular weight excluding hydrogens is 398 g/mol. The zero-order valence-electron chi connectivity index (χ0n) is 18.7. The molecule has 6 heteroatoms. The van der Waals surface area contributed by atoms with Crippen molar-refractivity contribution in [3.63, 3.8) is 0 Å². The van der Waals surface area contributed by atoms with E-state index >= 15 is 0 Å². The van der Waals surface area contributed by atoms with E-state index < -0.39 is 7.82 Å². The van der Waals surface area contributed by atoms with Gasteiger partial charge in [-0.15, -0.1) is 0 Å². The van der Waals surface area contributed by atoms with E-state index in [4.69, 9.17) is 9.05 Å². The Hall–Kier alpha value is 0.966. The van der Waals surface area contributed by atoms with Crippen LogP contribution < -0.4 is 51.4 Å². The Balaban J connectivity index is 0. The van der Waals surface area contributed by atoms with Gasteiger partial charge in [-0.05, 0) is 24.7 Å². The van der Waals surface area contributed by atoms with Gasteiger partial charge in [0.15, 0.2) is 0 Å². The predicted octanol–water partition coefficient (Wildman–Crippen LogP) is 4.04. The first-order valence-corrected chi connectivity index (χ1v) is 12.0. The molecule has 1 aromatic carbocycles. The molecule has 0 saturated heterocycles. The fourth-order valence-corrected chi connectivity index (χ4v) is 3.45. The summed E-state index contributed by atoms with van der Waals surface area (Å²) in [5.41, 5.74) is 0. The zero-order valence-corrected chi connectivity index (χ0v) is 22.7. The number of rotatable bonds is 14. The summed E-state index contributed by atoms with van der Waals surface area (Å²) in [7, 11) is -3.89. The van der Waals surface area contributed by atoms with Gasteiger partial charge in [-0.25, -0.2) is 4.57 Å². The molecule has 2 unspecified atom stereocenters. The van der Waals surface area contributed by atoms with Crippen molar-refractivity contribution in [3.8, 4) is 0 Å². The van der Waals surface area contributed by atoms with E-state index in [0.717, 1.165) is 51.4 Å². The summed E-state index contributed by atoms with van der Waals surface area (Å²) in [6.45, 7) is 9.10. The van der Waals surface area contributed by atoms with Crippen molar-refractivity contribution in [1.82, 2.24) is 0 Å². The normalized spacial score (nSPS) is 14.8. The predicted molar refractivity (Wildman–Crippen MR) is 114 cm³/mol. The SMILES string of the molecule is CCCCC(CC)COP(=O)(O)OCC(CC)CCCC.[K+].[c-]1ccccc1. The van der Waals surface area contributed by atoms with Crippen molar-refractivity contribution in [2.75, 3.05) is 13.2 Å². The van der Waals surface area contributed by atoms with Crippen LogP contribution in [0.25, 0.3) is 0 Å². The molecule has 0 aromatic heterocycles. The fourth-order valence-electron chi connectivity index (χ4n) is 2.57. The summed E-state index contributed by atoms with van der Waals surface area (Å²) in [4.78, 5) is 9.77. The Bertz CT molecular complexity index is 422. The smallest absolute Gasteiger partial charge is 0.302 e. The fraction of sp³-hybridized carbons (Fsp3) is 0.727. The minimum atomic E-state index is -3.89. The summed E-state index contributed by atoms with van der Waals surface area (Å²) in [6, 6.07) is 12.5. The van der Waals surface area contributed by atoms with Crippen LogP contribution >= 0.6 is 7.82 Å². The van der Waals surface area contributed by atoms with Crippen LogP contribution in [-0.4, -0.2) is 18.1 Å². The van der Waals surface area contributed by atoms with Gasteiger partial charge in [0, 0.05) is 0 Å². The van der Waals surface area contributed by atoms with Crippen LogP contribution in [0.4, 0.5) is 0 Å². The van der Waals surface area contributed by atoms with Gasteiger partial charge in [0.1, 0.15) is 0 Å². The molecule has 0 heterocycles. The molecular formula is C22H40KO4P. The molecule has 1 aromatic rings. The third-order valence-electron chi connectivity index (χ3n) is 4.64. The monoisotopic (exact) mass is 438 g/mol. The molecule has 0 saturated carbocycles. The molecule has 2 atom stereocenters. The standard InChI is InChI=1S/C16H35O4P.C6H5.K/c1-5-9-11-15(7-3)13-19-21(17,18)20-14-16(8-4)12-10-6-2;1-2-4-6-5-3-1;/h15-16H,5-14H2,1-4H3,(H,17,18);1-5H;/q;-1;+1. The van der Waals surface area contributed by atoms with Gasteiger partial charge in [-0.3, -0.25) is 9.05 Å². The van der Waals surface area contributed by atoms with Crippen molar-refractivity contribution in [3.05, 3.63) is 36.4 Å². The number of phosphoric ester groups is 1. The van der Waals surface area contributed by atoms with Crippen molar-refractivity contribution in [2.45, 2.75) is 79.1 Å². The second-order valence-corrected chi connectivity index (χ2v) is 8.42. The van der Waals surface area contributed by atoms with E-state index in [1.165, 1.54) is 0 Å². The Morgan fingerprint density at radius 3 is 1.54 bits per heavy atom. The van der Waals surface area contributed by atoms with Gasteiger partial charge in [-0.1, -0.05) is 66.2 Å². The molecule has 28 heavy (non-hydrogen) atoms. The Morgan fingerprint density at radius 1 is 0.857 bits per heavy atom. The van der Waals surface area contributed by atoms with Crippen LogP contribution in [0.5, 0.6) is 0 Å². The van der Waals surface area contributed by atoms with Gasteiger partial charge in [0.25, 0.3) is 0 Å². The van der Waals surface area contributed by atoms with Gasteiger partial charge < -0.3 is 4.89 Å². The molecule has 0 spiro atoms. The van der Waals surface area contributed by atoms with Gasteiger partial charge in [0.2, 0.25) is 0 Å². The molecule has 1 rings (SSSR count). The van der Waals surface area contributed by atoms with Crippen molar-refractivity contribution < 1.29 is 69.9 Å². The number of phosphoric acid groups is 1. The number of benzene rings is 1. The molecule has 0 fully saturated rings. The van der Waals surface area contributed by atoms with E-state index in [-0.39, 0.29) is 51.4 Å². The molecule has 0 amide bonds. The summed E-state index contributed by atoms with van der Waals surface area (Å²) < 4.78 is 22.2. The molecule has 0 bridgehead atoms. The van der Waals surface area contributed by atoms with Crippen LogP contribution in [0.2, 0.25) is 0 Å². The maximum Gasteiger partial charge on any atom is 1.00 e.